The molecule has 0 heterocycles. The van der Waals surface area contributed by atoms with Gasteiger partial charge >= 0.3 is 35.5 Å². The molecule has 0 fully saturated rings. The molecule has 0 radical (unpaired) electrons. The Balaban J connectivity index is -0.000000173. The average Bonchev–Trinajstić information content (AvgIpc) is 1.99. The van der Waals surface area contributed by atoms with Gasteiger partial charge in [0.2, 0.25) is 0 Å². The van der Waals surface area contributed by atoms with Crippen molar-refractivity contribution in [3.63, 3.8) is 0 Å². The van der Waals surface area contributed by atoms with E-state index in [1.165, 1.54) is 0 Å². The van der Waals surface area contributed by atoms with Crippen molar-refractivity contribution in [3.8, 4) is 0 Å². The molecule has 0 saturated heterocycles. The fourth-order valence-corrected chi connectivity index (χ4v) is 0.254. The second-order valence-electron chi connectivity index (χ2n) is 2.83. The van der Waals surface area contributed by atoms with Crippen LogP contribution in [-0.4, -0.2) is 21.4 Å². The van der Waals surface area contributed by atoms with Crippen LogP contribution in [-0.2, 0) is 9.53 Å². The normalized spacial score (nSPS) is 7.77. The van der Waals surface area contributed by atoms with E-state index in [4.69, 9.17) is 0 Å². The van der Waals surface area contributed by atoms with E-state index in [1.54, 1.807) is 13.0 Å². The number of carbonyl (C=O) groups is 1. The molecule has 0 aliphatic carbocycles. The van der Waals surface area contributed by atoms with Crippen LogP contribution in [0.15, 0.2) is 12.7 Å². The first-order valence-corrected chi connectivity index (χ1v) is 7.07. The first kappa shape index (κ1) is 19.1. The molecule has 2 nitrogen and oxygen atoms in total. The van der Waals surface area contributed by atoms with Gasteiger partial charge in [0.15, 0.2) is 0 Å². The minimum Gasteiger partial charge on any atom is -0.461 e. The van der Waals surface area contributed by atoms with E-state index >= 15 is 0 Å². The molecule has 0 aliphatic heterocycles. The van der Waals surface area contributed by atoms with Gasteiger partial charge in [0.25, 0.3) is 0 Å². The summed E-state index contributed by atoms with van der Waals surface area (Å²) in [7, 11) is 0.120. The van der Waals surface area contributed by atoms with Crippen LogP contribution in [0.5, 0.6) is 0 Å². The fourth-order valence-electron chi connectivity index (χ4n) is 0.254. The smallest absolute Gasteiger partial charge is 0.461 e. The summed E-state index contributed by atoms with van der Waals surface area (Å²) < 4.78 is 4.58. The van der Waals surface area contributed by atoms with Gasteiger partial charge in [0.1, 0.15) is 6.61 Å². The number of hydrogen-bond donors (Lipinski definition) is 0. The van der Waals surface area contributed by atoms with Crippen LogP contribution in [0.25, 0.3) is 0 Å². The summed E-state index contributed by atoms with van der Waals surface area (Å²) in [4.78, 5) is 10.3. The van der Waals surface area contributed by atoms with Crippen LogP contribution in [0, 0.1) is 0 Å². The Hall–Kier alpha value is 0.427. The molecule has 0 atom stereocenters. The van der Waals surface area contributed by atoms with Crippen LogP contribution in [0.3, 0.4) is 0 Å². The summed E-state index contributed by atoms with van der Waals surface area (Å²) in [6.07, 6.45) is 1.99. The topological polar surface area (TPSA) is 26.3 Å². The Bertz CT molecular complexity index is 124. The molecule has 0 aromatic rings. The molecule has 0 aliphatic rings. The molecule has 0 aromatic heterocycles. The minimum absolute atomic E-state index is 0. The van der Waals surface area contributed by atoms with E-state index in [0.717, 1.165) is 0 Å². The van der Waals surface area contributed by atoms with E-state index in [1.807, 2.05) is 0 Å². The number of esters is 1. The van der Waals surface area contributed by atoms with E-state index in [2.05, 4.69) is 31.0 Å². The van der Waals surface area contributed by atoms with Crippen molar-refractivity contribution in [2.45, 2.75) is 33.0 Å². The van der Waals surface area contributed by atoms with Crippen LogP contribution in [0.1, 0.15) is 13.3 Å². The van der Waals surface area contributed by atoms with Gasteiger partial charge in [0.05, 0.1) is 0 Å². The summed E-state index contributed by atoms with van der Waals surface area (Å²) in [5.74, 6) is -0.176. The summed E-state index contributed by atoms with van der Waals surface area (Å²) >= 11 is 0. The fraction of sp³-hybridized carbons (Fsp3) is 0.667. The SMILES string of the molecule is C=CCOC(=O)CC.C[Si-](C)C.[Na+]. The molecular formula is C9H19NaO2Si. The Morgan fingerprint density at radius 1 is 1.46 bits per heavy atom. The van der Waals surface area contributed by atoms with Crippen LogP contribution in [0.2, 0.25) is 19.6 Å². The monoisotopic (exact) mass is 210 g/mol. The van der Waals surface area contributed by atoms with E-state index in [-0.39, 0.29) is 44.3 Å². The van der Waals surface area contributed by atoms with Crippen molar-refractivity contribution in [2.24, 2.45) is 0 Å². The van der Waals surface area contributed by atoms with Crippen LogP contribution < -0.4 is 29.6 Å². The van der Waals surface area contributed by atoms with Crippen molar-refractivity contribution >= 4 is 14.8 Å². The molecule has 0 rings (SSSR count). The molecule has 0 unspecified atom stereocenters. The minimum atomic E-state index is -0.176. The first-order valence-electron chi connectivity index (χ1n) is 4.07. The maximum Gasteiger partial charge on any atom is 1.00 e. The maximum atomic E-state index is 10.3. The third-order valence-electron chi connectivity index (χ3n) is 0.651. The van der Waals surface area contributed by atoms with Crippen molar-refractivity contribution < 1.29 is 39.1 Å². The zero-order valence-corrected chi connectivity index (χ0v) is 12.5. The number of hydrogen-bond acceptors (Lipinski definition) is 2. The van der Waals surface area contributed by atoms with E-state index in [9.17, 15) is 4.79 Å². The van der Waals surface area contributed by atoms with Gasteiger partial charge in [-0.05, 0) is 0 Å². The van der Waals surface area contributed by atoms with Crippen LogP contribution >= 0.6 is 0 Å². The van der Waals surface area contributed by atoms with Gasteiger partial charge < -0.3 is 4.74 Å². The van der Waals surface area contributed by atoms with Gasteiger partial charge in [0, 0.05) is 6.42 Å². The molecule has 0 saturated carbocycles. The molecule has 0 N–H and O–H groups in total. The quantitative estimate of drug-likeness (QED) is 0.357. The molecule has 0 bridgehead atoms. The molecule has 0 spiro atoms. The Morgan fingerprint density at radius 3 is 2.08 bits per heavy atom. The third kappa shape index (κ3) is 32.7. The average molecular weight is 210 g/mol. The molecular weight excluding hydrogens is 191 g/mol. The van der Waals surface area contributed by atoms with Gasteiger partial charge in [-0.25, -0.2) is 0 Å². The summed E-state index contributed by atoms with van der Waals surface area (Å²) in [6, 6.07) is 0. The summed E-state index contributed by atoms with van der Waals surface area (Å²) in [5, 5.41) is 0. The zero-order valence-electron chi connectivity index (χ0n) is 9.52. The number of ether oxygens (including phenoxy) is 1. The molecule has 72 valence electrons. The Morgan fingerprint density at radius 2 is 1.85 bits per heavy atom. The first-order chi connectivity index (χ1) is 5.54. The van der Waals surface area contributed by atoms with Gasteiger partial charge in [-0.1, -0.05) is 19.6 Å². The van der Waals surface area contributed by atoms with Crippen molar-refractivity contribution in [1.82, 2.24) is 0 Å². The third-order valence-corrected chi connectivity index (χ3v) is 0.651. The Kier molecular flexibility index (Phi) is 21.9. The van der Waals surface area contributed by atoms with Gasteiger partial charge in [-0.2, -0.15) is 19.6 Å². The summed E-state index contributed by atoms with van der Waals surface area (Å²) in [6.45, 7) is 12.3. The van der Waals surface area contributed by atoms with Crippen molar-refractivity contribution in [1.29, 1.82) is 0 Å². The van der Waals surface area contributed by atoms with Gasteiger partial charge in [-0.3, -0.25) is 13.6 Å². The number of carbonyl (C=O) groups excluding carboxylic acids is 1. The molecule has 4 heteroatoms. The molecule has 0 aromatic carbocycles. The zero-order chi connectivity index (χ0) is 9.98. The summed E-state index contributed by atoms with van der Waals surface area (Å²) in [5.41, 5.74) is 0. The van der Waals surface area contributed by atoms with E-state index in [0.29, 0.717) is 13.0 Å². The maximum absolute atomic E-state index is 10.3. The van der Waals surface area contributed by atoms with Crippen molar-refractivity contribution in [3.05, 3.63) is 12.7 Å². The second-order valence-corrected chi connectivity index (χ2v) is 5.83. The Labute approximate surface area is 106 Å². The number of rotatable bonds is 3. The standard InChI is InChI=1S/C6H10O2.C3H9Si.Na/c1-3-5-8-6(7)4-2;1-4(2)3;/h3H,1,4-5H2,2H3;1-3H3;/q;-1;+1. The molecule has 13 heavy (non-hydrogen) atoms. The van der Waals surface area contributed by atoms with E-state index < -0.39 is 0 Å². The predicted molar refractivity (Wildman–Crippen MR) is 54.8 cm³/mol. The largest absolute Gasteiger partial charge is 1.00 e. The van der Waals surface area contributed by atoms with Gasteiger partial charge in [-0.15, -0.1) is 0 Å². The molecule has 0 amide bonds. The predicted octanol–water partition coefficient (Wildman–Crippen LogP) is -0.500. The van der Waals surface area contributed by atoms with Crippen LogP contribution in [0.4, 0.5) is 0 Å². The van der Waals surface area contributed by atoms with Crippen molar-refractivity contribution in [2.75, 3.05) is 6.61 Å². The second kappa shape index (κ2) is 14.9.